The average Bonchev–Trinajstić information content (AvgIpc) is 2.96. The van der Waals surface area contributed by atoms with Gasteiger partial charge in [0.2, 0.25) is 0 Å². The molecule has 8 heteroatoms. The van der Waals surface area contributed by atoms with E-state index in [9.17, 15) is 9.59 Å². The number of hydrogen-bond acceptors (Lipinski definition) is 5. The number of aromatic amines is 1. The SMILES string of the molecule is Cn1c(=O)n(CCN2CCOCC2)c(=O)c2[nH]cnc21. The Hall–Kier alpha value is -1.93. The van der Waals surface area contributed by atoms with Gasteiger partial charge in [-0.3, -0.25) is 18.8 Å². The van der Waals surface area contributed by atoms with Gasteiger partial charge in [-0.05, 0) is 0 Å². The molecule has 0 spiro atoms. The van der Waals surface area contributed by atoms with Gasteiger partial charge in [-0.25, -0.2) is 9.78 Å². The molecule has 1 aliphatic heterocycles. The van der Waals surface area contributed by atoms with E-state index < -0.39 is 0 Å². The summed E-state index contributed by atoms with van der Waals surface area (Å²) in [5, 5.41) is 0. The van der Waals surface area contributed by atoms with E-state index in [-0.39, 0.29) is 11.2 Å². The van der Waals surface area contributed by atoms with E-state index in [0.29, 0.717) is 37.5 Å². The fourth-order valence-electron chi connectivity index (χ4n) is 2.46. The van der Waals surface area contributed by atoms with Gasteiger partial charge in [0.25, 0.3) is 5.56 Å². The molecule has 20 heavy (non-hydrogen) atoms. The summed E-state index contributed by atoms with van der Waals surface area (Å²) in [5.74, 6) is 0. The van der Waals surface area contributed by atoms with Crippen molar-refractivity contribution in [1.29, 1.82) is 0 Å². The molecule has 2 aromatic rings. The normalized spacial score (nSPS) is 16.9. The zero-order valence-electron chi connectivity index (χ0n) is 11.3. The van der Waals surface area contributed by atoms with E-state index in [1.54, 1.807) is 7.05 Å². The van der Waals surface area contributed by atoms with Crippen molar-refractivity contribution in [3.8, 4) is 0 Å². The lowest BCUT2D eigenvalue weighted by Gasteiger charge is -2.26. The van der Waals surface area contributed by atoms with Crippen LogP contribution in [0.1, 0.15) is 0 Å². The number of nitrogens with zero attached hydrogens (tertiary/aromatic N) is 4. The second-order valence-corrected chi connectivity index (χ2v) is 4.85. The predicted molar refractivity (Wildman–Crippen MR) is 72.9 cm³/mol. The Morgan fingerprint density at radius 1 is 1.30 bits per heavy atom. The number of rotatable bonds is 3. The van der Waals surface area contributed by atoms with Crippen LogP contribution in [0.2, 0.25) is 0 Å². The highest BCUT2D eigenvalue weighted by Gasteiger charge is 2.15. The van der Waals surface area contributed by atoms with Crippen LogP contribution in [0.5, 0.6) is 0 Å². The van der Waals surface area contributed by atoms with E-state index in [1.807, 2.05) is 0 Å². The van der Waals surface area contributed by atoms with Crippen molar-refractivity contribution in [3.05, 3.63) is 27.2 Å². The number of hydrogen-bond donors (Lipinski definition) is 1. The third-order valence-electron chi connectivity index (χ3n) is 3.66. The molecule has 1 N–H and O–H groups in total. The minimum atomic E-state index is -0.331. The smallest absolute Gasteiger partial charge is 0.332 e. The van der Waals surface area contributed by atoms with Gasteiger partial charge in [0.15, 0.2) is 5.65 Å². The number of aromatic nitrogens is 4. The maximum atomic E-state index is 12.3. The number of nitrogens with one attached hydrogen (secondary N) is 1. The van der Waals surface area contributed by atoms with Crippen molar-refractivity contribution in [2.24, 2.45) is 7.05 Å². The molecule has 2 aromatic heterocycles. The number of fused-ring (bicyclic) bond motifs is 1. The lowest BCUT2D eigenvalue weighted by Crippen LogP contribution is -2.44. The Morgan fingerprint density at radius 2 is 2.05 bits per heavy atom. The summed E-state index contributed by atoms with van der Waals surface area (Å²) in [6.45, 7) is 4.11. The molecule has 0 saturated carbocycles. The maximum Gasteiger partial charge on any atom is 0.332 e. The van der Waals surface area contributed by atoms with Crippen molar-refractivity contribution in [3.63, 3.8) is 0 Å². The predicted octanol–water partition coefficient (Wildman–Crippen LogP) is -1.24. The molecule has 0 unspecified atom stereocenters. The summed E-state index contributed by atoms with van der Waals surface area (Å²) in [5.41, 5.74) is 0.119. The first-order valence-electron chi connectivity index (χ1n) is 6.61. The zero-order chi connectivity index (χ0) is 14.1. The highest BCUT2D eigenvalue weighted by molar-refractivity contribution is 5.68. The average molecular weight is 279 g/mol. The molecule has 8 nitrogen and oxygen atoms in total. The Bertz CT molecular complexity index is 723. The molecule has 108 valence electrons. The molecule has 1 fully saturated rings. The maximum absolute atomic E-state index is 12.3. The Morgan fingerprint density at radius 3 is 2.80 bits per heavy atom. The topological polar surface area (TPSA) is 85.2 Å². The van der Waals surface area contributed by atoms with E-state index in [4.69, 9.17) is 4.74 Å². The molecule has 0 aromatic carbocycles. The van der Waals surface area contributed by atoms with E-state index in [0.717, 1.165) is 13.1 Å². The lowest BCUT2D eigenvalue weighted by atomic mass is 10.4. The van der Waals surface area contributed by atoms with Gasteiger partial charge in [0.1, 0.15) is 5.52 Å². The summed E-state index contributed by atoms with van der Waals surface area (Å²) >= 11 is 0. The highest BCUT2D eigenvalue weighted by Crippen LogP contribution is 2.00. The van der Waals surface area contributed by atoms with Crippen LogP contribution in [0, 0.1) is 0 Å². The molecule has 0 atom stereocenters. The fourth-order valence-corrected chi connectivity index (χ4v) is 2.46. The second-order valence-electron chi connectivity index (χ2n) is 4.85. The quantitative estimate of drug-likeness (QED) is 0.759. The minimum absolute atomic E-state index is 0.311. The fraction of sp³-hybridized carbons (Fsp3) is 0.583. The molecular weight excluding hydrogens is 262 g/mol. The molecule has 1 saturated heterocycles. The first-order chi connectivity index (χ1) is 9.68. The third-order valence-corrected chi connectivity index (χ3v) is 3.66. The summed E-state index contributed by atoms with van der Waals surface area (Å²) in [7, 11) is 1.62. The van der Waals surface area contributed by atoms with E-state index >= 15 is 0 Å². The van der Waals surface area contributed by atoms with Gasteiger partial charge < -0.3 is 9.72 Å². The largest absolute Gasteiger partial charge is 0.379 e. The number of morpholine rings is 1. The van der Waals surface area contributed by atoms with Gasteiger partial charge in [0, 0.05) is 33.2 Å². The molecule has 0 amide bonds. The Labute approximate surface area is 114 Å². The van der Waals surface area contributed by atoms with Crippen LogP contribution >= 0.6 is 0 Å². The van der Waals surface area contributed by atoms with Crippen LogP contribution in [0.25, 0.3) is 11.2 Å². The van der Waals surface area contributed by atoms with E-state index in [1.165, 1.54) is 15.5 Å². The van der Waals surface area contributed by atoms with Crippen molar-refractivity contribution < 1.29 is 4.74 Å². The molecule has 3 heterocycles. The zero-order valence-corrected chi connectivity index (χ0v) is 11.3. The van der Waals surface area contributed by atoms with Gasteiger partial charge in [-0.1, -0.05) is 0 Å². The summed E-state index contributed by atoms with van der Waals surface area (Å²) in [6, 6.07) is 0. The van der Waals surface area contributed by atoms with Crippen LogP contribution in [-0.4, -0.2) is 56.9 Å². The van der Waals surface area contributed by atoms with E-state index in [2.05, 4.69) is 14.9 Å². The molecule has 3 rings (SSSR count). The first-order valence-corrected chi connectivity index (χ1v) is 6.61. The molecule has 0 bridgehead atoms. The molecule has 0 radical (unpaired) electrons. The Balaban J connectivity index is 1.91. The Kier molecular flexibility index (Phi) is 3.41. The highest BCUT2D eigenvalue weighted by atomic mass is 16.5. The minimum Gasteiger partial charge on any atom is -0.379 e. The van der Waals surface area contributed by atoms with Gasteiger partial charge >= 0.3 is 5.69 Å². The first kappa shape index (κ1) is 13.1. The van der Waals surface area contributed by atoms with Crippen LogP contribution in [0.15, 0.2) is 15.9 Å². The van der Waals surface area contributed by atoms with Crippen molar-refractivity contribution >= 4 is 11.2 Å². The second kappa shape index (κ2) is 5.22. The number of aryl methyl sites for hydroxylation is 1. The van der Waals surface area contributed by atoms with Crippen LogP contribution in [0.4, 0.5) is 0 Å². The summed E-state index contributed by atoms with van der Waals surface area (Å²) in [6.07, 6.45) is 1.43. The van der Waals surface area contributed by atoms with Crippen LogP contribution in [-0.2, 0) is 18.3 Å². The van der Waals surface area contributed by atoms with Gasteiger partial charge in [-0.15, -0.1) is 0 Å². The van der Waals surface area contributed by atoms with Crippen molar-refractivity contribution in [2.75, 3.05) is 32.8 Å². The van der Waals surface area contributed by atoms with Gasteiger partial charge in [-0.2, -0.15) is 0 Å². The van der Waals surface area contributed by atoms with Gasteiger partial charge in [0.05, 0.1) is 19.5 Å². The van der Waals surface area contributed by atoms with Crippen LogP contribution < -0.4 is 11.2 Å². The molecule has 1 aliphatic rings. The number of ether oxygens (including phenoxy) is 1. The molecule has 0 aliphatic carbocycles. The van der Waals surface area contributed by atoms with Crippen LogP contribution in [0.3, 0.4) is 0 Å². The van der Waals surface area contributed by atoms with Crippen molar-refractivity contribution in [2.45, 2.75) is 6.54 Å². The number of H-pyrrole nitrogens is 1. The number of imidazole rings is 1. The standard InChI is InChI=1S/C12H17N5O3/c1-15-10-9(13-8-14-10)11(18)17(12(15)19)3-2-16-4-6-20-7-5-16/h8H,2-7H2,1H3,(H,13,14). The summed E-state index contributed by atoms with van der Waals surface area (Å²) < 4.78 is 7.93. The summed E-state index contributed by atoms with van der Waals surface area (Å²) in [4.78, 5) is 33.5. The lowest BCUT2D eigenvalue weighted by molar-refractivity contribution is 0.0361. The third kappa shape index (κ3) is 2.16. The molecular formula is C12H17N5O3. The van der Waals surface area contributed by atoms with Crippen molar-refractivity contribution in [1.82, 2.24) is 24.0 Å². The monoisotopic (exact) mass is 279 g/mol.